The molecular formula is C28H16F8N8O5. The number of hydrogen-bond acceptors (Lipinski definition) is 8. The molecule has 0 aliphatic heterocycles. The molecule has 1 amide bonds. The van der Waals surface area contributed by atoms with E-state index in [9.17, 15) is 40.7 Å². The van der Waals surface area contributed by atoms with Crippen molar-refractivity contribution in [1.82, 2.24) is 40.3 Å². The van der Waals surface area contributed by atoms with Crippen LogP contribution in [-0.4, -0.2) is 69.6 Å². The fourth-order valence-corrected chi connectivity index (χ4v) is 4.52. The highest BCUT2D eigenvalue weighted by Crippen LogP contribution is 2.36. The summed E-state index contributed by atoms with van der Waals surface area (Å²) in [6, 6.07) is 4.08. The molecule has 2 aromatic carbocycles. The molecule has 0 atom stereocenters. The zero-order valence-electron chi connectivity index (χ0n) is 24.1. The maximum absolute atomic E-state index is 15.7. The van der Waals surface area contributed by atoms with E-state index in [0.717, 1.165) is 24.5 Å². The minimum absolute atomic E-state index is 0.0984. The lowest BCUT2D eigenvalue weighted by Gasteiger charge is -2.12. The van der Waals surface area contributed by atoms with Gasteiger partial charge in [-0.15, -0.1) is 10.2 Å². The summed E-state index contributed by atoms with van der Waals surface area (Å²) >= 11 is 0. The molecule has 13 nitrogen and oxygen atoms in total. The van der Waals surface area contributed by atoms with Gasteiger partial charge >= 0.3 is 24.3 Å². The van der Waals surface area contributed by atoms with Gasteiger partial charge in [-0.3, -0.25) is 4.79 Å². The molecular weight excluding hydrogens is 680 g/mol. The second-order valence-corrected chi connectivity index (χ2v) is 9.83. The van der Waals surface area contributed by atoms with Gasteiger partial charge in [0.1, 0.15) is 28.3 Å². The van der Waals surface area contributed by atoms with E-state index in [0.29, 0.717) is 33.6 Å². The summed E-state index contributed by atoms with van der Waals surface area (Å²) in [5.74, 6) is -8.17. The standard InChI is InChI=1S/C28H16F8N8O5/c1-2-37-24(45)19-20(29)22(17-9-43(41-39-17)11-3-5-13(25(46)47)15(7-11)27(31,32)33)38-23(21(19)30)18-10-44(42-40-18)12-4-6-14(26(48)49)16(8-12)28(34,35)36/h3-10H,2H2,1H3,(H,37,45)(H,46,47)(H,48,49). The first-order chi connectivity index (χ1) is 22.9. The number of carboxylic acid groups (broad SMARTS) is 2. The first-order valence-corrected chi connectivity index (χ1v) is 13.3. The van der Waals surface area contributed by atoms with Crippen molar-refractivity contribution >= 4 is 17.8 Å². The first kappa shape index (κ1) is 34.1. The summed E-state index contributed by atoms with van der Waals surface area (Å²) in [5.41, 5.74) is -9.99. The van der Waals surface area contributed by atoms with E-state index >= 15 is 8.78 Å². The van der Waals surface area contributed by atoms with Crippen LogP contribution in [0, 0.1) is 11.6 Å². The number of halogens is 8. The number of alkyl halides is 6. The summed E-state index contributed by atoms with van der Waals surface area (Å²) in [5, 5.41) is 35.0. The third-order valence-electron chi connectivity index (χ3n) is 6.72. The molecule has 0 spiro atoms. The second-order valence-electron chi connectivity index (χ2n) is 9.83. The zero-order valence-corrected chi connectivity index (χ0v) is 24.1. The number of amides is 1. The number of aromatic nitrogens is 7. The molecule has 3 aromatic heterocycles. The van der Waals surface area contributed by atoms with Crippen molar-refractivity contribution in [3.05, 3.63) is 88.2 Å². The van der Waals surface area contributed by atoms with Crippen LogP contribution in [-0.2, 0) is 12.4 Å². The van der Waals surface area contributed by atoms with E-state index in [1.54, 1.807) is 0 Å². The van der Waals surface area contributed by atoms with Gasteiger partial charge in [-0.25, -0.2) is 32.7 Å². The topological polar surface area (TPSA) is 178 Å². The summed E-state index contributed by atoms with van der Waals surface area (Å²) in [7, 11) is 0. The lowest BCUT2D eigenvalue weighted by Crippen LogP contribution is -2.26. The number of rotatable bonds is 8. The number of benzene rings is 2. The maximum atomic E-state index is 15.7. The van der Waals surface area contributed by atoms with Crippen molar-refractivity contribution in [2.75, 3.05) is 6.54 Å². The minimum atomic E-state index is -5.10. The molecule has 49 heavy (non-hydrogen) atoms. The number of hydrogen-bond donors (Lipinski definition) is 3. The molecule has 0 bridgehead atoms. The number of aromatic carboxylic acids is 2. The zero-order chi connectivity index (χ0) is 36.0. The lowest BCUT2D eigenvalue weighted by atomic mass is 10.1. The largest absolute Gasteiger partial charge is 0.478 e. The van der Waals surface area contributed by atoms with Crippen LogP contribution in [0.4, 0.5) is 35.1 Å². The lowest BCUT2D eigenvalue weighted by molar-refractivity contribution is -0.138. The van der Waals surface area contributed by atoms with Crippen LogP contribution in [0.25, 0.3) is 34.2 Å². The molecule has 0 aliphatic rings. The third-order valence-corrected chi connectivity index (χ3v) is 6.72. The number of nitrogens with one attached hydrogen (secondary N) is 1. The highest BCUT2D eigenvalue weighted by molar-refractivity contribution is 5.97. The predicted octanol–water partition coefficient (Wildman–Crippen LogP) is 5.04. The van der Waals surface area contributed by atoms with E-state index in [-0.39, 0.29) is 17.9 Å². The van der Waals surface area contributed by atoms with Crippen molar-refractivity contribution in [2.24, 2.45) is 0 Å². The summed E-state index contributed by atoms with van der Waals surface area (Å²) in [4.78, 5) is 39.2. The molecule has 3 heterocycles. The van der Waals surface area contributed by atoms with Crippen molar-refractivity contribution in [3.63, 3.8) is 0 Å². The Kier molecular flexibility index (Phi) is 8.61. The Morgan fingerprint density at radius 2 is 1.14 bits per heavy atom. The average Bonchev–Trinajstić information content (AvgIpc) is 3.71. The summed E-state index contributed by atoms with van der Waals surface area (Å²) < 4.78 is 114. The highest BCUT2D eigenvalue weighted by Gasteiger charge is 2.37. The Morgan fingerprint density at radius 1 is 0.735 bits per heavy atom. The number of carboxylic acids is 2. The monoisotopic (exact) mass is 696 g/mol. The first-order valence-electron chi connectivity index (χ1n) is 13.3. The average molecular weight is 696 g/mol. The Hall–Kier alpha value is -6.28. The van der Waals surface area contributed by atoms with E-state index in [2.05, 4.69) is 30.9 Å². The number of pyridine rings is 1. The smallest absolute Gasteiger partial charge is 0.417 e. The van der Waals surface area contributed by atoms with Gasteiger partial charge in [0.05, 0.1) is 46.0 Å². The van der Waals surface area contributed by atoms with Crippen molar-refractivity contribution < 1.29 is 59.7 Å². The van der Waals surface area contributed by atoms with Crippen LogP contribution in [0.5, 0.6) is 0 Å². The summed E-state index contributed by atoms with van der Waals surface area (Å²) in [6.45, 7) is 1.34. The molecule has 21 heteroatoms. The number of carbonyl (C=O) groups is 3. The number of nitrogens with zero attached hydrogens (tertiary/aromatic N) is 7. The van der Waals surface area contributed by atoms with Crippen LogP contribution < -0.4 is 5.32 Å². The Morgan fingerprint density at radius 3 is 1.49 bits per heavy atom. The fraction of sp³-hybridized carbons (Fsp3) is 0.143. The normalized spacial score (nSPS) is 11.9. The van der Waals surface area contributed by atoms with Crippen LogP contribution in [0.15, 0.2) is 48.8 Å². The summed E-state index contributed by atoms with van der Waals surface area (Å²) in [6.07, 6.45) is -8.50. The predicted molar refractivity (Wildman–Crippen MR) is 147 cm³/mol. The van der Waals surface area contributed by atoms with Gasteiger partial charge in [-0.1, -0.05) is 10.4 Å². The SMILES string of the molecule is CCNC(=O)c1c(F)c(-c2cn(-c3ccc(C(=O)O)c(C(F)(F)F)c3)nn2)nc(-c2cn(-c3ccc(C(=O)O)c(C(F)(F)F)c3)nn2)c1F. The van der Waals surface area contributed by atoms with Crippen molar-refractivity contribution in [1.29, 1.82) is 0 Å². The van der Waals surface area contributed by atoms with Crippen molar-refractivity contribution in [3.8, 4) is 34.2 Å². The quantitative estimate of drug-likeness (QED) is 0.186. The van der Waals surface area contributed by atoms with Gasteiger partial charge in [-0.05, 0) is 43.3 Å². The maximum Gasteiger partial charge on any atom is 0.417 e. The Balaban J connectivity index is 1.64. The van der Waals surface area contributed by atoms with Gasteiger partial charge in [0, 0.05) is 6.54 Å². The van der Waals surface area contributed by atoms with E-state index in [1.165, 1.54) is 6.92 Å². The third kappa shape index (κ3) is 6.49. The van der Waals surface area contributed by atoms with Crippen molar-refractivity contribution in [2.45, 2.75) is 19.3 Å². The number of carbonyl (C=O) groups excluding carboxylic acids is 1. The van der Waals surface area contributed by atoms with Gasteiger partial charge in [0.15, 0.2) is 11.6 Å². The molecule has 0 aliphatic carbocycles. The Labute approximate surface area is 266 Å². The van der Waals surface area contributed by atoms with E-state index in [1.807, 2.05) is 0 Å². The highest BCUT2D eigenvalue weighted by atomic mass is 19.4. The molecule has 5 aromatic rings. The van der Waals surface area contributed by atoms with E-state index < -0.39 is 92.4 Å². The molecule has 0 saturated carbocycles. The second kappa shape index (κ2) is 12.4. The molecule has 0 radical (unpaired) electrons. The van der Waals surface area contributed by atoms with Crippen LogP contribution in [0.3, 0.4) is 0 Å². The minimum Gasteiger partial charge on any atom is -0.478 e. The Bertz CT molecular complexity index is 2000. The van der Waals surface area contributed by atoms with E-state index in [4.69, 9.17) is 10.2 Å². The fourth-order valence-electron chi connectivity index (χ4n) is 4.52. The van der Waals surface area contributed by atoms with Crippen LogP contribution in [0.2, 0.25) is 0 Å². The van der Waals surface area contributed by atoms with Gasteiger partial charge in [0.2, 0.25) is 0 Å². The van der Waals surface area contributed by atoms with Crippen LogP contribution in [0.1, 0.15) is 49.1 Å². The molecule has 254 valence electrons. The van der Waals surface area contributed by atoms with Gasteiger partial charge < -0.3 is 15.5 Å². The molecule has 5 rings (SSSR count). The molecule has 0 unspecified atom stereocenters. The molecule has 3 N–H and O–H groups in total. The van der Waals surface area contributed by atoms with Gasteiger partial charge in [-0.2, -0.15) is 26.3 Å². The van der Waals surface area contributed by atoms with Crippen LogP contribution >= 0.6 is 0 Å². The molecule has 0 fully saturated rings. The van der Waals surface area contributed by atoms with Gasteiger partial charge in [0.25, 0.3) is 5.91 Å². The molecule has 0 saturated heterocycles.